The largest absolute Gasteiger partial charge is 0.378 e. The first-order valence-electron chi connectivity index (χ1n) is 9.33. The molecule has 1 aliphatic rings. The second-order valence-corrected chi connectivity index (χ2v) is 8.70. The van der Waals surface area contributed by atoms with Crippen molar-refractivity contribution < 1.29 is 9.13 Å². The average Bonchev–Trinajstić information content (AvgIpc) is 3.46. The van der Waals surface area contributed by atoms with Gasteiger partial charge in [-0.15, -0.1) is 27.6 Å². The molecule has 0 radical (unpaired) electrons. The molecule has 1 aliphatic heterocycles. The van der Waals surface area contributed by atoms with Crippen molar-refractivity contribution in [3.8, 4) is 11.3 Å². The van der Waals surface area contributed by atoms with E-state index in [2.05, 4.69) is 25.0 Å². The predicted octanol–water partition coefficient (Wildman–Crippen LogP) is 4.65. The number of morpholine rings is 1. The molecular formula is C20H16FN5O2S2. The molecule has 152 valence electrons. The van der Waals surface area contributed by atoms with Crippen LogP contribution in [0.4, 0.5) is 9.39 Å². The summed E-state index contributed by atoms with van der Waals surface area (Å²) in [7, 11) is 0. The van der Waals surface area contributed by atoms with E-state index in [0.29, 0.717) is 35.0 Å². The molecule has 0 bridgehead atoms. The van der Waals surface area contributed by atoms with E-state index >= 15 is 0 Å². The Morgan fingerprint density at radius 1 is 1.17 bits per heavy atom. The molecule has 4 heterocycles. The van der Waals surface area contributed by atoms with Gasteiger partial charge in [-0.2, -0.15) is 0 Å². The van der Waals surface area contributed by atoms with Gasteiger partial charge in [0.2, 0.25) is 0 Å². The number of rotatable bonds is 5. The minimum Gasteiger partial charge on any atom is -0.378 e. The second-order valence-electron chi connectivity index (χ2n) is 6.74. The normalized spacial score (nSPS) is 15.4. The van der Waals surface area contributed by atoms with Gasteiger partial charge in [-0.3, -0.25) is 0 Å². The fourth-order valence-electron chi connectivity index (χ4n) is 3.49. The summed E-state index contributed by atoms with van der Waals surface area (Å²) in [6, 6.07) is 5.77. The Balaban J connectivity index is 1.59. The quantitative estimate of drug-likeness (QED) is 0.420. The molecule has 30 heavy (non-hydrogen) atoms. The average molecular weight is 442 g/mol. The highest BCUT2D eigenvalue weighted by Crippen LogP contribution is 2.39. The number of thiophene rings is 1. The first kappa shape index (κ1) is 19.2. The number of aromatic nitrogens is 3. The van der Waals surface area contributed by atoms with Gasteiger partial charge in [0, 0.05) is 30.2 Å². The van der Waals surface area contributed by atoms with Gasteiger partial charge in [-0.25, -0.2) is 19.3 Å². The molecule has 3 aromatic heterocycles. The van der Waals surface area contributed by atoms with Crippen LogP contribution >= 0.6 is 22.7 Å². The lowest BCUT2D eigenvalue weighted by Gasteiger charge is -2.27. The molecule has 1 atom stereocenters. The third-order valence-electron chi connectivity index (χ3n) is 4.97. The molecule has 0 N–H and O–H groups in total. The summed E-state index contributed by atoms with van der Waals surface area (Å²) in [4.78, 5) is 26.7. The first-order chi connectivity index (χ1) is 14.7. The lowest BCUT2D eigenvalue weighted by molar-refractivity contribution is 0.123. The van der Waals surface area contributed by atoms with Gasteiger partial charge in [0.15, 0.2) is 6.04 Å². The molecule has 7 nitrogen and oxygen atoms in total. The van der Waals surface area contributed by atoms with Crippen molar-refractivity contribution in [2.75, 3.05) is 31.2 Å². The summed E-state index contributed by atoms with van der Waals surface area (Å²) in [5, 5.41) is 6.63. The molecule has 1 unspecified atom stereocenters. The number of fused-ring (bicyclic) bond motifs is 1. The molecule has 1 saturated heterocycles. The zero-order valence-electron chi connectivity index (χ0n) is 15.7. The number of hydrogen-bond acceptors (Lipinski definition) is 9. The summed E-state index contributed by atoms with van der Waals surface area (Å²) < 4.78 is 21.1. The molecule has 0 spiro atoms. The van der Waals surface area contributed by atoms with E-state index < -0.39 is 11.9 Å². The van der Waals surface area contributed by atoms with Crippen LogP contribution in [0.5, 0.6) is 0 Å². The summed E-state index contributed by atoms with van der Waals surface area (Å²) in [6.07, 6.45) is 3.06. The predicted molar refractivity (Wildman–Crippen MR) is 116 cm³/mol. The Morgan fingerprint density at radius 3 is 2.80 bits per heavy atom. The highest BCUT2D eigenvalue weighted by atomic mass is 32.1. The number of halogens is 1. The van der Waals surface area contributed by atoms with Crippen molar-refractivity contribution in [1.82, 2.24) is 15.0 Å². The number of ether oxygens (including phenoxy) is 1. The van der Waals surface area contributed by atoms with Gasteiger partial charge >= 0.3 is 0 Å². The van der Waals surface area contributed by atoms with Gasteiger partial charge in [0.05, 0.1) is 34.1 Å². The Labute approximate surface area is 179 Å². The van der Waals surface area contributed by atoms with E-state index in [1.54, 1.807) is 23.7 Å². The zero-order chi connectivity index (χ0) is 20.5. The third-order valence-corrected chi connectivity index (χ3v) is 6.99. The minimum atomic E-state index is -0.783. The van der Waals surface area contributed by atoms with Crippen LogP contribution in [0, 0.1) is 10.7 Å². The molecule has 1 aromatic carbocycles. The number of nitrogens with zero attached hydrogens (tertiary/aromatic N) is 5. The summed E-state index contributed by atoms with van der Waals surface area (Å²) in [6.45, 7) is 2.97. The summed E-state index contributed by atoms with van der Waals surface area (Å²) in [5.74, 6) is -0.413. The monoisotopic (exact) mass is 441 g/mol. The van der Waals surface area contributed by atoms with Gasteiger partial charge < -0.3 is 9.64 Å². The molecule has 4 aromatic rings. The third kappa shape index (κ3) is 3.47. The second kappa shape index (κ2) is 8.13. The highest BCUT2D eigenvalue weighted by molar-refractivity contribution is 7.23. The summed E-state index contributed by atoms with van der Waals surface area (Å²) >= 11 is 2.88. The Hall–Kier alpha value is -2.82. The van der Waals surface area contributed by atoms with Crippen molar-refractivity contribution >= 4 is 37.9 Å². The molecule has 5 rings (SSSR count). The van der Waals surface area contributed by atoms with Crippen LogP contribution in [0.2, 0.25) is 0 Å². The van der Waals surface area contributed by atoms with Crippen LogP contribution in [0.25, 0.3) is 21.5 Å². The van der Waals surface area contributed by atoms with Gasteiger partial charge in [0.1, 0.15) is 17.2 Å². The maximum atomic E-state index is 14.8. The van der Waals surface area contributed by atoms with Crippen LogP contribution in [-0.2, 0) is 4.74 Å². The van der Waals surface area contributed by atoms with Gasteiger partial charge in [-0.05, 0) is 23.8 Å². The van der Waals surface area contributed by atoms with Crippen LogP contribution in [0.15, 0.2) is 47.3 Å². The molecule has 0 aliphatic carbocycles. The molecule has 1 fully saturated rings. The maximum Gasteiger partial charge on any atom is 0.168 e. The van der Waals surface area contributed by atoms with Gasteiger partial charge in [-0.1, -0.05) is 11.2 Å². The van der Waals surface area contributed by atoms with E-state index in [0.717, 1.165) is 28.3 Å². The van der Waals surface area contributed by atoms with Crippen LogP contribution in [0.1, 0.15) is 16.6 Å². The Morgan fingerprint density at radius 2 is 2.03 bits per heavy atom. The Bertz CT molecular complexity index is 1190. The lowest BCUT2D eigenvalue weighted by Crippen LogP contribution is -2.35. The topological polar surface area (TPSA) is 80.6 Å². The number of nitroso groups, excluding NO2 is 1. The number of benzene rings is 1. The van der Waals surface area contributed by atoms with Crippen LogP contribution in [0.3, 0.4) is 0 Å². The number of anilines is 1. The molecule has 0 amide bonds. The minimum absolute atomic E-state index is 0.320. The Kier molecular flexibility index (Phi) is 5.19. The van der Waals surface area contributed by atoms with Crippen molar-refractivity contribution in [2.45, 2.75) is 6.04 Å². The van der Waals surface area contributed by atoms with E-state index in [-0.39, 0.29) is 0 Å². The van der Waals surface area contributed by atoms with Crippen molar-refractivity contribution in [1.29, 1.82) is 0 Å². The summed E-state index contributed by atoms with van der Waals surface area (Å²) in [5.41, 5.74) is 2.17. The molecule has 0 saturated carbocycles. The van der Waals surface area contributed by atoms with Crippen LogP contribution < -0.4 is 4.90 Å². The van der Waals surface area contributed by atoms with Crippen molar-refractivity contribution in [2.24, 2.45) is 5.18 Å². The number of hydrogen-bond donors (Lipinski definition) is 0. The standard InChI is InChI=1S/C20H16FN5O2S2/c21-14-2-1-12(17(25-27)20-22-3-8-29-20)9-13(14)18-19-15(23-11-24-18)10-16(30-19)26-4-6-28-7-5-26/h1-3,8-11,17H,4-7H2. The molecule has 10 heteroatoms. The number of thiazole rings is 1. The fraction of sp³-hybridized carbons (Fsp3) is 0.250. The smallest absolute Gasteiger partial charge is 0.168 e. The highest BCUT2D eigenvalue weighted by Gasteiger charge is 2.22. The fourth-order valence-corrected chi connectivity index (χ4v) is 5.34. The lowest BCUT2D eigenvalue weighted by atomic mass is 10.0. The van der Waals surface area contributed by atoms with Crippen molar-refractivity contribution in [3.05, 3.63) is 63.5 Å². The van der Waals surface area contributed by atoms with E-state index in [4.69, 9.17) is 4.74 Å². The van der Waals surface area contributed by atoms with Crippen molar-refractivity contribution in [3.63, 3.8) is 0 Å². The zero-order valence-corrected chi connectivity index (χ0v) is 17.3. The van der Waals surface area contributed by atoms with E-state index in [9.17, 15) is 9.30 Å². The SMILES string of the molecule is O=NC(c1ccc(F)c(-c2ncnc3cc(N4CCOCC4)sc23)c1)c1nccs1. The van der Waals surface area contributed by atoms with Crippen LogP contribution in [-0.4, -0.2) is 41.3 Å². The molecular weight excluding hydrogens is 425 g/mol. The van der Waals surface area contributed by atoms with E-state index in [1.807, 2.05) is 6.07 Å². The van der Waals surface area contributed by atoms with E-state index in [1.165, 1.54) is 35.1 Å². The first-order valence-corrected chi connectivity index (χ1v) is 11.0. The maximum absolute atomic E-state index is 14.8. The van der Waals surface area contributed by atoms with Gasteiger partial charge in [0.25, 0.3) is 0 Å².